The largest absolute Gasteiger partial charge is 0.494 e. The van der Waals surface area contributed by atoms with E-state index in [2.05, 4.69) is 5.32 Å². The van der Waals surface area contributed by atoms with Crippen LogP contribution in [0, 0.1) is 0 Å². The molecule has 4 aromatic carbocycles. The molecule has 1 N–H and O–H groups in total. The summed E-state index contributed by atoms with van der Waals surface area (Å²) in [6, 6.07) is 26.1. The van der Waals surface area contributed by atoms with Crippen molar-refractivity contribution in [3.05, 3.63) is 113 Å². The smallest absolute Gasteiger partial charge is 0.264 e. The first-order chi connectivity index (χ1) is 23.6. The van der Waals surface area contributed by atoms with E-state index >= 15 is 0 Å². The van der Waals surface area contributed by atoms with E-state index in [9.17, 15) is 18.0 Å². The van der Waals surface area contributed by atoms with Crippen LogP contribution in [0.5, 0.6) is 17.2 Å². The second-order valence-electron chi connectivity index (χ2n) is 11.1. The first-order valence-corrected chi connectivity index (χ1v) is 17.8. The number of halogens is 1. The summed E-state index contributed by atoms with van der Waals surface area (Å²) in [6.45, 7) is 4.01. The van der Waals surface area contributed by atoms with Crippen LogP contribution in [0.3, 0.4) is 0 Å². The van der Waals surface area contributed by atoms with Crippen LogP contribution >= 0.6 is 11.6 Å². The fourth-order valence-corrected chi connectivity index (χ4v) is 6.90. The Hall–Kier alpha value is -4.74. The van der Waals surface area contributed by atoms with Gasteiger partial charge in [-0.2, -0.15) is 0 Å². The van der Waals surface area contributed by atoms with Gasteiger partial charge in [0.05, 0.1) is 31.4 Å². The van der Waals surface area contributed by atoms with Gasteiger partial charge in [0.1, 0.15) is 18.3 Å². The van der Waals surface area contributed by atoms with Gasteiger partial charge in [-0.05, 0) is 73.0 Å². The molecular weight excluding hydrogens is 666 g/mol. The Morgan fingerprint density at radius 3 is 2.16 bits per heavy atom. The van der Waals surface area contributed by atoms with Crippen molar-refractivity contribution in [1.82, 2.24) is 10.2 Å². The molecule has 0 saturated heterocycles. The molecule has 0 radical (unpaired) electrons. The van der Waals surface area contributed by atoms with Crippen LogP contribution in [0.4, 0.5) is 5.69 Å². The molecule has 2 amide bonds. The Morgan fingerprint density at radius 2 is 1.53 bits per heavy atom. The van der Waals surface area contributed by atoms with Gasteiger partial charge in [-0.1, -0.05) is 61.0 Å². The Bertz CT molecular complexity index is 1800. The molecule has 0 aliphatic carbocycles. The Balaban J connectivity index is 1.83. The maximum absolute atomic E-state index is 14.6. The van der Waals surface area contributed by atoms with Crippen molar-refractivity contribution in [3.63, 3.8) is 0 Å². The molecule has 1 atom stereocenters. The molecule has 10 nitrogen and oxygen atoms in total. The Kier molecular flexibility index (Phi) is 13.3. The monoisotopic (exact) mass is 707 g/mol. The van der Waals surface area contributed by atoms with Gasteiger partial charge in [0, 0.05) is 30.6 Å². The minimum atomic E-state index is -4.38. The minimum Gasteiger partial charge on any atom is -0.494 e. The van der Waals surface area contributed by atoms with Gasteiger partial charge in [-0.25, -0.2) is 8.42 Å². The number of sulfonamides is 1. The van der Waals surface area contributed by atoms with Crippen LogP contribution in [0.1, 0.15) is 31.4 Å². The summed E-state index contributed by atoms with van der Waals surface area (Å²) in [5, 5.41) is 3.40. The lowest BCUT2D eigenvalue weighted by Gasteiger charge is -2.34. The summed E-state index contributed by atoms with van der Waals surface area (Å²) >= 11 is 6.32. The molecule has 0 fully saturated rings. The van der Waals surface area contributed by atoms with Crippen LogP contribution in [0.2, 0.25) is 5.02 Å². The summed E-state index contributed by atoms with van der Waals surface area (Å²) in [4.78, 5) is 29.8. The van der Waals surface area contributed by atoms with E-state index in [0.29, 0.717) is 41.7 Å². The number of nitrogens with one attached hydrogen (secondary N) is 1. The van der Waals surface area contributed by atoms with E-state index in [0.717, 1.165) is 9.87 Å². The third-order valence-electron chi connectivity index (χ3n) is 7.72. The average molecular weight is 708 g/mol. The van der Waals surface area contributed by atoms with E-state index in [1.54, 1.807) is 48.5 Å². The van der Waals surface area contributed by atoms with E-state index in [4.69, 9.17) is 25.8 Å². The molecule has 0 saturated carbocycles. The lowest BCUT2D eigenvalue weighted by molar-refractivity contribution is -0.140. The summed E-state index contributed by atoms with van der Waals surface area (Å²) in [5.74, 6) is 0.153. The summed E-state index contributed by atoms with van der Waals surface area (Å²) in [5.41, 5.74) is 1.74. The van der Waals surface area contributed by atoms with Crippen LogP contribution < -0.4 is 23.8 Å². The number of carbonyl (C=O) groups excluding carboxylic acids is 2. The molecule has 49 heavy (non-hydrogen) atoms. The highest BCUT2D eigenvalue weighted by atomic mass is 35.5. The SMILES string of the molecule is CCCNC(=O)[C@@H](Cc1ccccc1)N(Cc1cccc(Cl)c1)C(=O)CN(c1ccc(OCC)cc1)S(=O)(=O)c1ccc(OC)c(OC)c1. The fraction of sp³-hybridized carbons (Fsp3) is 0.297. The predicted molar refractivity (Wildman–Crippen MR) is 191 cm³/mol. The lowest BCUT2D eigenvalue weighted by Crippen LogP contribution is -2.53. The highest BCUT2D eigenvalue weighted by Crippen LogP contribution is 2.33. The van der Waals surface area contributed by atoms with Crippen LogP contribution in [-0.2, 0) is 32.6 Å². The molecule has 0 heterocycles. The van der Waals surface area contributed by atoms with E-state index in [1.165, 1.54) is 37.3 Å². The number of rotatable bonds is 17. The van der Waals surface area contributed by atoms with Gasteiger partial charge >= 0.3 is 0 Å². The lowest BCUT2D eigenvalue weighted by atomic mass is 10.0. The van der Waals surface area contributed by atoms with Gasteiger partial charge in [-0.3, -0.25) is 13.9 Å². The van der Waals surface area contributed by atoms with Crippen molar-refractivity contribution in [2.45, 2.75) is 44.2 Å². The summed E-state index contributed by atoms with van der Waals surface area (Å²) in [6.07, 6.45) is 0.898. The fourth-order valence-electron chi connectivity index (χ4n) is 5.26. The number of hydrogen-bond acceptors (Lipinski definition) is 7. The van der Waals surface area contributed by atoms with Crippen molar-refractivity contribution in [3.8, 4) is 17.2 Å². The van der Waals surface area contributed by atoms with Gasteiger partial charge in [0.2, 0.25) is 11.8 Å². The molecule has 0 unspecified atom stereocenters. The Labute approximate surface area is 293 Å². The van der Waals surface area contributed by atoms with Crippen molar-refractivity contribution < 1.29 is 32.2 Å². The quantitative estimate of drug-likeness (QED) is 0.141. The third kappa shape index (κ3) is 9.67. The summed E-state index contributed by atoms with van der Waals surface area (Å²) in [7, 11) is -1.51. The van der Waals surface area contributed by atoms with E-state index in [1.807, 2.05) is 44.2 Å². The van der Waals surface area contributed by atoms with Gasteiger partial charge in [0.15, 0.2) is 11.5 Å². The van der Waals surface area contributed by atoms with Gasteiger partial charge < -0.3 is 24.4 Å². The van der Waals surface area contributed by atoms with Crippen molar-refractivity contribution in [2.24, 2.45) is 0 Å². The second-order valence-corrected chi connectivity index (χ2v) is 13.4. The third-order valence-corrected chi connectivity index (χ3v) is 9.72. The number of nitrogens with zero attached hydrogens (tertiary/aromatic N) is 2. The van der Waals surface area contributed by atoms with Crippen molar-refractivity contribution in [1.29, 1.82) is 0 Å². The molecule has 4 aromatic rings. The Morgan fingerprint density at radius 1 is 0.837 bits per heavy atom. The average Bonchev–Trinajstić information content (AvgIpc) is 3.11. The van der Waals surface area contributed by atoms with Crippen LogP contribution in [0.25, 0.3) is 0 Å². The molecule has 0 aromatic heterocycles. The number of methoxy groups -OCH3 is 2. The first-order valence-electron chi connectivity index (χ1n) is 15.9. The van der Waals surface area contributed by atoms with Crippen molar-refractivity contribution in [2.75, 3.05) is 38.2 Å². The molecule has 0 aliphatic heterocycles. The zero-order valence-electron chi connectivity index (χ0n) is 28.1. The molecular formula is C37H42ClN3O7S. The van der Waals surface area contributed by atoms with Gasteiger partial charge in [0.25, 0.3) is 10.0 Å². The number of anilines is 1. The maximum atomic E-state index is 14.6. The normalized spacial score (nSPS) is 11.7. The molecule has 12 heteroatoms. The number of carbonyl (C=O) groups is 2. The number of benzene rings is 4. The van der Waals surface area contributed by atoms with Crippen LogP contribution in [0.15, 0.2) is 102 Å². The molecule has 260 valence electrons. The first kappa shape index (κ1) is 37.1. The number of hydrogen-bond donors (Lipinski definition) is 1. The molecule has 4 rings (SSSR count). The minimum absolute atomic E-state index is 0.00393. The zero-order valence-corrected chi connectivity index (χ0v) is 29.7. The van der Waals surface area contributed by atoms with E-state index < -0.39 is 28.5 Å². The second kappa shape index (κ2) is 17.6. The van der Waals surface area contributed by atoms with Crippen LogP contribution in [-0.4, -0.2) is 65.1 Å². The predicted octanol–water partition coefficient (Wildman–Crippen LogP) is 6.12. The van der Waals surface area contributed by atoms with E-state index in [-0.39, 0.29) is 35.2 Å². The standard InChI is InChI=1S/C37H42ClN3O7S/c1-5-21-39-37(43)33(23-27-11-8-7-9-12-27)40(25-28-13-10-14-29(38)22-28)36(42)26-41(30-15-17-31(18-16-30)48-6-2)49(44,45)32-19-20-34(46-3)35(24-32)47-4/h7-20,22,24,33H,5-6,21,23,25-26H2,1-4H3,(H,39,43)/t33-/m1/s1. The highest BCUT2D eigenvalue weighted by Gasteiger charge is 2.35. The van der Waals surface area contributed by atoms with Gasteiger partial charge in [-0.15, -0.1) is 0 Å². The topological polar surface area (TPSA) is 114 Å². The zero-order chi connectivity index (χ0) is 35.4. The van der Waals surface area contributed by atoms with Crippen molar-refractivity contribution >= 4 is 39.1 Å². The summed E-state index contributed by atoms with van der Waals surface area (Å²) < 4.78 is 46.2. The molecule has 0 bridgehead atoms. The number of ether oxygens (including phenoxy) is 3. The molecule has 0 spiro atoms. The highest BCUT2D eigenvalue weighted by molar-refractivity contribution is 7.92. The maximum Gasteiger partial charge on any atom is 0.264 e. The molecule has 0 aliphatic rings. The number of amides is 2.